The third-order valence-corrected chi connectivity index (χ3v) is 3.97. The van der Waals surface area contributed by atoms with Crippen LogP contribution in [-0.4, -0.2) is 12.0 Å². The van der Waals surface area contributed by atoms with Crippen LogP contribution in [0.4, 0.5) is 5.69 Å². The largest absolute Gasteiger partial charge is 0.481 e. The number of unbranched alkanes of at least 4 members (excludes halogenated alkanes) is 1. The second-order valence-electron chi connectivity index (χ2n) is 6.12. The molecule has 0 saturated carbocycles. The molecule has 0 aliphatic carbocycles. The average Bonchev–Trinajstić information content (AvgIpc) is 2.59. The second-order valence-corrected chi connectivity index (χ2v) is 6.12. The first-order chi connectivity index (χ1) is 11.6. The van der Waals surface area contributed by atoms with Gasteiger partial charge in [0.2, 0.25) is 0 Å². The van der Waals surface area contributed by atoms with Crippen LogP contribution in [0.5, 0.6) is 5.75 Å². The van der Waals surface area contributed by atoms with Gasteiger partial charge in [0.1, 0.15) is 5.75 Å². The van der Waals surface area contributed by atoms with Crippen molar-refractivity contribution >= 4 is 11.6 Å². The third kappa shape index (κ3) is 5.41. The number of amides is 1. The van der Waals surface area contributed by atoms with Gasteiger partial charge >= 0.3 is 0 Å². The summed E-state index contributed by atoms with van der Waals surface area (Å²) in [6.45, 7) is 6.15. The normalized spacial score (nSPS) is 11.8. The molecule has 0 spiro atoms. The summed E-state index contributed by atoms with van der Waals surface area (Å²) in [5.41, 5.74) is 3.23. The predicted octanol–water partition coefficient (Wildman–Crippen LogP) is 5.13. The van der Waals surface area contributed by atoms with Crippen LogP contribution < -0.4 is 10.1 Å². The number of carbonyl (C=O) groups excluding carboxylic acids is 1. The highest BCUT2D eigenvalue weighted by molar-refractivity contribution is 5.94. The fourth-order valence-electron chi connectivity index (χ4n) is 2.53. The Kier molecular flexibility index (Phi) is 6.86. The van der Waals surface area contributed by atoms with Crippen molar-refractivity contribution in [3.63, 3.8) is 0 Å². The molecule has 0 aliphatic rings. The Balaban J connectivity index is 1.96. The van der Waals surface area contributed by atoms with E-state index >= 15 is 0 Å². The molecule has 0 aromatic heterocycles. The summed E-state index contributed by atoms with van der Waals surface area (Å²) in [4.78, 5) is 12.5. The lowest BCUT2D eigenvalue weighted by Gasteiger charge is -2.17. The van der Waals surface area contributed by atoms with Gasteiger partial charge in [-0.3, -0.25) is 4.79 Å². The molecule has 0 unspecified atom stereocenters. The Bertz CT molecular complexity index is 649. The smallest absolute Gasteiger partial charge is 0.265 e. The second kappa shape index (κ2) is 9.11. The molecule has 0 bridgehead atoms. The zero-order valence-corrected chi connectivity index (χ0v) is 14.8. The molecule has 128 valence electrons. The maximum Gasteiger partial charge on any atom is 0.265 e. The molecule has 0 aliphatic heterocycles. The lowest BCUT2D eigenvalue weighted by Crippen LogP contribution is -2.32. The van der Waals surface area contributed by atoms with Crippen molar-refractivity contribution in [2.45, 2.75) is 52.6 Å². The monoisotopic (exact) mass is 325 g/mol. The molecule has 1 atom stereocenters. The fraction of sp³-hybridized carbons (Fsp3) is 0.381. The first-order valence-electron chi connectivity index (χ1n) is 8.75. The molecule has 2 rings (SSSR count). The van der Waals surface area contributed by atoms with Crippen molar-refractivity contribution in [1.82, 2.24) is 0 Å². The lowest BCUT2D eigenvalue weighted by molar-refractivity contribution is -0.122. The molecule has 0 saturated heterocycles. The molecule has 0 radical (unpaired) electrons. The van der Waals surface area contributed by atoms with Gasteiger partial charge < -0.3 is 10.1 Å². The Morgan fingerprint density at radius 1 is 1.12 bits per heavy atom. The topological polar surface area (TPSA) is 38.3 Å². The predicted molar refractivity (Wildman–Crippen MR) is 99.6 cm³/mol. The third-order valence-electron chi connectivity index (χ3n) is 3.97. The summed E-state index contributed by atoms with van der Waals surface area (Å²) in [6.07, 6.45) is 3.58. The minimum atomic E-state index is -0.494. The zero-order chi connectivity index (χ0) is 17.4. The molecule has 2 aromatic carbocycles. The zero-order valence-electron chi connectivity index (χ0n) is 14.8. The van der Waals surface area contributed by atoms with Crippen molar-refractivity contribution in [2.75, 3.05) is 5.32 Å². The van der Waals surface area contributed by atoms with E-state index in [0.29, 0.717) is 6.42 Å². The van der Waals surface area contributed by atoms with Gasteiger partial charge in [0.05, 0.1) is 0 Å². The van der Waals surface area contributed by atoms with Gasteiger partial charge in [-0.05, 0) is 61.6 Å². The van der Waals surface area contributed by atoms with E-state index in [0.717, 1.165) is 23.4 Å². The van der Waals surface area contributed by atoms with E-state index in [1.54, 1.807) is 0 Å². The van der Waals surface area contributed by atoms with Gasteiger partial charge in [0.25, 0.3) is 5.91 Å². The van der Waals surface area contributed by atoms with Crippen LogP contribution >= 0.6 is 0 Å². The Hall–Kier alpha value is -2.29. The van der Waals surface area contributed by atoms with Crippen molar-refractivity contribution in [2.24, 2.45) is 0 Å². The quantitative estimate of drug-likeness (QED) is 0.730. The summed E-state index contributed by atoms with van der Waals surface area (Å²) in [7, 11) is 0. The number of benzene rings is 2. The summed E-state index contributed by atoms with van der Waals surface area (Å²) in [6, 6.07) is 15.8. The number of ether oxygens (including phenoxy) is 1. The fourth-order valence-corrected chi connectivity index (χ4v) is 2.53. The van der Waals surface area contributed by atoms with E-state index in [-0.39, 0.29) is 5.91 Å². The number of nitrogens with one attached hydrogen (secondary N) is 1. The highest BCUT2D eigenvalue weighted by atomic mass is 16.5. The molecule has 1 amide bonds. The van der Waals surface area contributed by atoms with E-state index in [1.165, 1.54) is 18.4 Å². The van der Waals surface area contributed by atoms with Crippen LogP contribution in [0.2, 0.25) is 0 Å². The minimum absolute atomic E-state index is 0.111. The van der Waals surface area contributed by atoms with Crippen LogP contribution in [0.15, 0.2) is 48.5 Å². The highest BCUT2D eigenvalue weighted by Crippen LogP contribution is 2.17. The number of rotatable bonds is 8. The van der Waals surface area contributed by atoms with Gasteiger partial charge in [0, 0.05) is 5.69 Å². The first kappa shape index (κ1) is 18.1. The van der Waals surface area contributed by atoms with Gasteiger partial charge in [-0.1, -0.05) is 44.5 Å². The van der Waals surface area contributed by atoms with Crippen LogP contribution in [-0.2, 0) is 11.2 Å². The van der Waals surface area contributed by atoms with Gasteiger partial charge in [-0.2, -0.15) is 0 Å². The molecule has 3 heteroatoms. The van der Waals surface area contributed by atoms with Gasteiger partial charge in [-0.25, -0.2) is 0 Å². The summed E-state index contributed by atoms with van der Waals surface area (Å²) >= 11 is 0. The van der Waals surface area contributed by atoms with Crippen LogP contribution in [0, 0.1) is 6.92 Å². The SMILES string of the molecule is CCCCc1ccc(NC(=O)[C@H](CC)Oc2cccc(C)c2)cc1. The van der Waals surface area contributed by atoms with Gasteiger partial charge in [-0.15, -0.1) is 0 Å². The molecule has 2 aromatic rings. The standard InChI is InChI=1S/C21H27NO2/c1-4-6-9-17-11-13-18(14-12-17)22-21(23)20(5-2)24-19-10-7-8-16(3)15-19/h7-8,10-15,20H,4-6,9H2,1-3H3,(H,22,23)/t20-/m0/s1. The van der Waals surface area contributed by atoms with Crippen molar-refractivity contribution in [3.8, 4) is 5.75 Å². The molecule has 24 heavy (non-hydrogen) atoms. The number of aryl methyl sites for hydroxylation is 2. The Morgan fingerprint density at radius 2 is 1.88 bits per heavy atom. The number of hydrogen-bond donors (Lipinski definition) is 1. The summed E-state index contributed by atoms with van der Waals surface area (Å²) < 4.78 is 5.84. The first-order valence-corrected chi connectivity index (χ1v) is 8.75. The Labute approximate surface area is 145 Å². The summed E-state index contributed by atoms with van der Waals surface area (Å²) in [5, 5.41) is 2.95. The molecule has 1 N–H and O–H groups in total. The number of carbonyl (C=O) groups is 1. The number of anilines is 1. The molecule has 0 fully saturated rings. The molecule has 3 nitrogen and oxygen atoms in total. The van der Waals surface area contributed by atoms with Crippen LogP contribution in [0.25, 0.3) is 0 Å². The lowest BCUT2D eigenvalue weighted by atomic mass is 10.1. The maximum atomic E-state index is 12.5. The van der Waals surface area contributed by atoms with E-state index in [1.807, 2.05) is 50.2 Å². The Morgan fingerprint density at radius 3 is 2.50 bits per heavy atom. The van der Waals surface area contributed by atoms with E-state index in [2.05, 4.69) is 24.4 Å². The summed E-state index contributed by atoms with van der Waals surface area (Å²) in [5.74, 6) is 0.618. The van der Waals surface area contributed by atoms with E-state index < -0.39 is 6.10 Å². The van der Waals surface area contributed by atoms with E-state index in [9.17, 15) is 4.79 Å². The van der Waals surface area contributed by atoms with Crippen LogP contribution in [0.3, 0.4) is 0 Å². The molecular weight excluding hydrogens is 298 g/mol. The molecule has 0 heterocycles. The highest BCUT2D eigenvalue weighted by Gasteiger charge is 2.18. The average molecular weight is 325 g/mol. The van der Waals surface area contributed by atoms with Crippen molar-refractivity contribution in [1.29, 1.82) is 0 Å². The van der Waals surface area contributed by atoms with Crippen molar-refractivity contribution in [3.05, 3.63) is 59.7 Å². The van der Waals surface area contributed by atoms with Crippen molar-refractivity contribution < 1.29 is 9.53 Å². The van der Waals surface area contributed by atoms with Crippen LogP contribution in [0.1, 0.15) is 44.2 Å². The van der Waals surface area contributed by atoms with Gasteiger partial charge in [0.15, 0.2) is 6.10 Å². The van der Waals surface area contributed by atoms with E-state index in [4.69, 9.17) is 4.74 Å². The number of hydrogen-bond acceptors (Lipinski definition) is 2. The molecular formula is C21H27NO2. The minimum Gasteiger partial charge on any atom is -0.481 e. The maximum absolute atomic E-state index is 12.5.